The van der Waals surface area contributed by atoms with Gasteiger partial charge in [-0.15, -0.1) is 0 Å². The van der Waals surface area contributed by atoms with Gasteiger partial charge >= 0.3 is 10.3 Å². The van der Waals surface area contributed by atoms with Crippen LogP contribution in [0.5, 0.6) is 0 Å². The third-order valence-corrected chi connectivity index (χ3v) is 2.35. The summed E-state index contributed by atoms with van der Waals surface area (Å²) in [5.41, 5.74) is 1.34. The molecule has 0 aliphatic carbocycles. The predicted octanol–water partition coefficient (Wildman–Crippen LogP) is 0.283. The van der Waals surface area contributed by atoms with Gasteiger partial charge < -0.3 is 0 Å². The molecule has 15 heavy (non-hydrogen) atoms. The monoisotopic (exact) mass is 227 g/mol. The van der Waals surface area contributed by atoms with Gasteiger partial charge in [-0.25, -0.2) is 5.14 Å². The number of hydrogen-bond acceptors (Lipinski definition) is 4. The van der Waals surface area contributed by atoms with E-state index in [2.05, 4.69) is 14.4 Å². The highest BCUT2D eigenvalue weighted by atomic mass is 32.2. The van der Waals surface area contributed by atoms with Gasteiger partial charge in [0.05, 0.1) is 11.2 Å². The number of nitrogens with zero attached hydrogens (tertiary/aromatic N) is 1. The van der Waals surface area contributed by atoms with E-state index in [4.69, 9.17) is 5.14 Å². The fourth-order valence-corrected chi connectivity index (χ4v) is 1.55. The molecule has 80 valence electrons. The minimum absolute atomic E-state index is 0.140. The Morgan fingerprint density at radius 2 is 2.13 bits per heavy atom. The Balaban J connectivity index is 2.29. The fourth-order valence-electron chi connectivity index (χ4n) is 1.27. The lowest BCUT2D eigenvalue weighted by molar-refractivity contribution is 0.305. The van der Waals surface area contributed by atoms with Crippen LogP contribution in [-0.4, -0.2) is 18.6 Å². The Morgan fingerprint density at radius 1 is 1.40 bits per heavy atom. The van der Waals surface area contributed by atoms with Crippen LogP contribution in [0.4, 0.5) is 0 Å². The van der Waals surface area contributed by atoms with Crippen LogP contribution in [0.3, 0.4) is 0 Å². The van der Waals surface area contributed by atoms with E-state index < -0.39 is 10.3 Å². The maximum absolute atomic E-state index is 10.6. The highest BCUT2D eigenvalue weighted by Gasteiger charge is 2.08. The molecule has 3 N–H and O–H groups in total. The molecular formula is C8H9N3O3S. The molecule has 7 heteroatoms. The van der Waals surface area contributed by atoms with E-state index in [1.165, 1.54) is 0 Å². The SMILES string of the molecule is NS(=O)(=O)OCc1[nH]nc2ccccc12. The van der Waals surface area contributed by atoms with E-state index in [-0.39, 0.29) is 6.61 Å². The Morgan fingerprint density at radius 3 is 2.87 bits per heavy atom. The zero-order valence-corrected chi connectivity index (χ0v) is 8.49. The molecule has 2 rings (SSSR count). The minimum atomic E-state index is -3.92. The first-order valence-electron chi connectivity index (χ1n) is 4.15. The highest BCUT2D eigenvalue weighted by molar-refractivity contribution is 7.84. The third kappa shape index (κ3) is 2.32. The molecule has 2 aromatic rings. The molecule has 0 amide bonds. The summed E-state index contributed by atoms with van der Waals surface area (Å²) in [6.07, 6.45) is 0. The number of aromatic amines is 1. The van der Waals surface area contributed by atoms with E-state index >= 15 is 0 Å². The summed E-state index contributed by atoms with van der Waals surface area (Å²) < 4.78 is 25.6. The predicted molar refractivity (Wildman–Crippen MR) is 54.0 cm³/mol. The average molecular weight is 227 g/mol. The zero-order chi connectivity index (χ0) is 10.9. The van der Waals surface area contributed by atoms with Crippen LogP contribution < -0.4 is 5.14 Å². The van der Waals surface area contributed by atoms with Crippen molar-refractivity contribution in [3.8, 4) is 0 Å². The van der Waals surface area contributed by atoms with Crippen molar-refractivity contribution in [2.45, 2.75) is 6.61 Å². The lowest BCUT2D eigenvalue weighted by atomic mass is 10.2. The van der Waals surface area contributed by atoms with E-state index in [0.29, 0.717) is 5.69 Å². The van der Waals surface area contributed by atoms with Crippen molar-refractivity contribution in [2.24, 2.45) is 5.14 Å². The summed E-state index contributed by atoms with van der Waals surface area (Å²) >= 11 is 0. The van der Waals surface area contributed by atoms with Crippen molar-refractivity contribution < 1.29 is 12.6 Å². The van der Waals surface area contributed by atoms with Crippen LogP contribution in [0.25, 0.3) is 10.9 Å². The second-order valence-electron chi connectivity index (χ2n) is 2.97. The van der Waals surface area contributed by atoms with E-state index in [1.807, 2.05) is 24.3 Å². The zero-order valence-electron chi connectivity index (χ0n) is 7.67. The Hall–Kier alpha value is -1.44. The summed E-state index contributed by atoms with van der Waals surface area (Å²) in [6, 6.07) is 7.30. The smallest absolute Gasteiger partial charge is 0.279 e. The first-order chi connectivity index (χ1) is 7.06. The lowest BCUT2D eigenvalue weighted by Gasteiger charge is -1.98. The van der Waals surface area contributed by atoms with Gasteiger partial charge in [0, 0.05) is 5.39 Å². The number of H-pyrrole nitrogens is 1. The fraction of sp³-hybridized carbons (Fsp3) is 0.125. The van der Waals surface area contributed by atoms with Gasteiger partial charge in [0.15, 0.2) is 0 Å². The van der Waals surface area contributed by atoms with Crippen molar-refractivity contribution in [1.29, 1.82) is 0 Å². The van der Waals surface area contributed by atoms with Gasteiger partial charge in [-0.05, 0) is 6.07 Å². The lowest BCUT2D eigenvalue weighted by Crippen LogP contribution is -2.15. The molecule has 0 saturated carbocycles. The first kappa shape index (κ1) is 10.1. The van der Waals surface area contributed by atoms with Crippen LogP contribution in [0.1, 0.15) is 5.69 Å². The number of nitrogens with one attached hydrogen (secondary N) is 1. The normalized spacial score (nSPS) is 12.1. The highest BCUT2D eigenvalue weighted by Crippen LogP contribution is 2.15. The largest absolute Gasteiger partial charge is 0.333 e. The van der Waals surface area contributed by atoms with E-state index in [9.17, 15) is 8.42 Å². The molecule has 6 nitrogen and oxygen atoms in total. The number of fused-ring (bicyclic) bond motifs is 1. The molecule has 0 aliphatic rings. The molecule has 1 heterocycles. The second kappa shape index (κ2) is 3.61. The molecule has 0 atom stereocenters. The van der Waals surface area contributed by atoms with Crippen molar-refractivity contribution in [2.75, 3.05) is 0 Å². The molecule has 0 bridgehead atoms. The summed E-state index contributed by atoms with van der Waals surface area (Å²) in [4.78, 5) is 0. The summed E-state index contributed by atoms with van der Waals surface area (Å²) in [6.45, 7) is -0.140. The van der Waals surface area contributed by atoms with Crippen LogP contribution in [-0.2, 0) is 21.1 Å². The molecule has 1 aromatic carbocycles. The second-order valence-corrected chi connectivity index (χ2v) is 4.20. The van der Waals surface area contributed by atoms with Crippen molar-refractivity contribution >= 4 is 21.2 Å². The molecule has 1 aromatic heterocycles. The van der Waals surface area contributed by atoms with Crippen molar-refractivity contribution in [3.05, 3.63) is 30.0 Å². The maximum Gasteiger partial charge on any atom is 0.333 e. The van der Waals surface area contributed by atoms with E-state index in [0.717, 1.165) is 10.9 Å². The molecular weight excluding hydrogens is 218 g/mol. The summed E-state index contributed by atoms with van der Waals surface area (Å²) in [5.74, 6) is 0. The topological polar surface area (TPSA) is 98.1 Å². The maximum atomic E-state index is 10.6. The van der Waals surface area contributed by atoms with Gasteiger partial charge in [-0.1, -0.05) is 18.2 Å². The number of para-hydroxylation sites is 1. The van der Waals surface area contributed by atoms with Gasteiger partial charge in [-0.2, -0.15) is 13.5 Å². The molecule has 0 spiro atoms. The van der Waals surface area contributed by atoms with Gasteiger partial charge in [0.25, 0.3) is 0 Å². The first-order valence-corrected chi connectivity index (χ1v) is 5.62. The molecule has 0 fully saturated rings. The Kier molecular flexibility index (Phi) is 2.43. The van der Waals surface area contributed by atoms with Crippen LogP contribution >= 0.6 is 0 Å². The molecule has 0 unspecified atom stereocenters. The Labute approximate surface area is 86.3 Å². The standard InChI is InChI=1S/C8H9N3O3S/c9-15(12,13)14-5-8-6-3-1-2-4-7(6)10-11-8/h1-4H,5H2,(H,10,11)(H2,9,12,13). The molecule has 0 saturated heterocycles. The number of rotatable bonds is 3. The van der Waals surface area contributed by atoms with Crippen LogP contribution in [0, 0.1) is 0 Å². The number of aromatic nitrogens is 2. The molecule has 0 aliphatic heterocycles. The number of hydrogen-bond donors (Lipinski definition) is 2. The van der Waals surface area contributed by atoms with Crippen molar-refractivity contribution in [1.82, 2.24) is 10.2 Å². The van der Waals surface area contributed by atoms with Gasteiger partial charge in [0.1, 0.15) is 6.61 Å². The van der Waals surface area contributed by atoms with Crippen LogP contribution in [0.15, 0.2) is 24.3 Å². The number of benzene rings is 1. The molecule has 0 radical (unpaired) electrons. The Bertz CT molecular complexity index is 576. The summed E-state index contributed by atoms with van der Waals surface area (Å²) in [7, 11) is -3.92. The quantitative estimate of drug-likeness (QED) is 0.786. The third-order valence-electron chi connectivity index (χ3n) is 1.91. The average Bonchev–Trinajstić information content (AvgIpc) is 2.57. The number of nitrogens with two attached hydrogens (primary N) is 1. The van der Waals surface area contributed by atoms with Crippen LogP contribution in [0.2, 0.25) is 0 Å². The van der Waals surface area contributed by atoms with E-state index in [1.54, 1.807) is 0 Å². The van der Waals surface area contributed by atoms with Gasteiger partial charge in [0.2, 0.25) is 0 Å². The summed E-state index contributed by atoms with van der Waals surface area (Å²) in [5, 5.41) is 12.2. The van der Waals surface area contributed by atoms with Gasteiger partial charge in [-0.3, -0.25) is 9.28 Å². The minimum Gasteiger partial charge on any atom is -0.279 e. The van der Waals surface area contributed by atoms with Crippen molar-refractivity contribution in [3.63, 3.8) is 0 Å².